The third-order valence-corrected chi connectivity index (χ3v) is 2.70. The first-order valence-electron chi connectivity index (χ1n) is 5.48. The van der Waals surface area contributed by atoms with Gasteiger partial charge in [-0.15, -0.1) is 0 Å². The molecule has 4 heteroatoms. The zero-order chi connectivity index (χ0) is 12.1. The van der Waals surface area contributed by atoms with E-state index in [9.17, 15) is 4.79 Å². The molecule has 1 amide bonds. The highest BCUT2D eigenvalue weighted by molar-refractivity contribution is 5.80. The van der Waals surface area contributed by atoms with Gasteiger partial charge in [0.25, 0.3) is 5.91 Å². The van der Waals surface area contributed by atoms with Crippen LogP contribution in [0.15, 0.2) is 54.9 Å². The molecule has 2 aromatic rings. The molecule has 0 aliphatic rings. The number of hydrogen-bond donors (Lipinski definition) is 2. The van der Waals surface area contributed by atoms with E-state index in [4.69, 9.17) is 5.84 Å². The van der Waals surface area contributed by atoms with Crippen molar-refractivity contribution in [1.82, 2.24) is 9.99 Å². The maximum absolute atomic E-state index is 11.8. The van der Waals surface area contributed by atoms with E-state index in [-0.39, 0.29) is 11.9 Å². The van der Waals surface area contributed by atoms with Gasteiger partial charge in [-0.1, -0.05) is 30.3 Å². The molecule has 0 fully saturated rings. The summed E-state index contributed by atoms with van der Waals surface area (Å²) in [5.41, 5.74) is 3.32. The van der Waals surface area contributed by atoms with E-state index in [1.54, 1.807) is 0 Å². The van der Waals surface area contributed by atoms with Crippen molar-refractivity contribution in [2.45, 2.75) is 12.5 Å². The summed E-state index contributed by atoms with van der Waals surface area (Å²) in [6.07, 6.45) is 4.35. The molecule has 1 aromatic carbocycles. The van der Waals surface area contributed by atoms with Gasteiger partial charge in [-0.25, -0.2) is 5.84 Å². The smallest absolute Gasteiger partial charge is 0.257 e. The van der Waals surface area contributed by atoms with Crippen molar-refractivity contribution in [2.75, 3.05) is 0 Å². The lowest BCUT2D eigenvalue weighted by molar-refractivity contribution is -0.124. The number of benzene rings is 1. The van der Waals surface area contributed by atoms with Crippen LogP contribution in [0.3, 0.4) is 0 Å². The zero-order valence-electron chi connectivity index (χ0n) is 9.41. The number of hydrazine groups is 1. The van der Waals surface area contributed by atoms with E-state index in [1.807, 2.05) is 59.4 Å². The number of aromatic nitrogens is 1. The average molecular weight is 229 g/mol. The molecule has 3 N–H and O–H groups in total. The fourth-order valence-electron chi connectivity index (χ4n) is 1.82. The maximum Gasteiger partial charge on any atom is 0.257 e. The van der Waals surface area contributed by atoms with Gasteiger partial charge in [0, 0.05) is 18.8 Å². The van der Waals surface area contributed by atoms with Crippen LogP contribution in [0.25, 0.3) is 0 Å². The van der Waals surface area contributed by atoms with Crippen LogP contribution in [-0.4, -0.2) is 10.5 Å². The molecule has 2 rings (SSSR count). The molecule has 4 nitrogen and oxygen atoms in total. The normalized spacial score (nSPS) is 12.1. The summed E-state index contributed by atoms with van der Waals surface area (Å²) in [5, 5.41) is 0. The fraction of sp³-hybridized carbons (Fsp3) is 0.154. The topological polar surface area (TPSA) is 60.0 Å². The SMILES string of the molecule is NNC(=O)[C@H](Cc1ccccc1)n1cccc1. The molecule has 1 heterocycles. The minimum atomic E-state index is -0.308. The summed E-state index contributed by atoms with van der Waals surface area (Å²) in [7, 11) is 0. The van der Waals surface area contributed by atoms with E-state index in [0.717, 1.165) is 5.56 Å². The second kappa shape index (κ2) is 5.32. The highest BCUT2D eigenvalue weighted by atomic mass is 16.2. The van der Waals surface area contributed by atoms with E-state index in [1.165, 1.54) is 0 Å². The van der Waals surface area contributed by atoms with E-state index in [2.05, 4.69) is 5.43 Å². The summed E-state index contributed by atoms with van der Waals surface area (Å²) in [5.74, 6) is 5.03. The molecule has 0 bridgehead atoms. The molecule has 1 atom stereocenters. The monoisotopic (exact) mass is 229 g/mol. The largest absolute Gasteiger partial charge is 0.342 e. The molecule has 1 aromatic heterocycles. The van der Waals surface area contributed by atoms with Crippen LogP contribution in [0.2, 0.25) is 0 Å². The second-order valence-electron chi connectivity index (χ2n) is 3.84. The molecule has 17 heavy (non-hydrogen) atoms. The molecule has 0 radical (unpaired) electrons. The van der Waals surface area contributed by atoms with Gasteiger partial charge in [-0.2, -0.15) is 0 Å². The third kappa shape index (κ3) is 2.73. The first-order chi connectivity index (χ1) is 8.31. The zero-order valence-corrected chi connectivity index (χ0v) is 9.41. The third-order valence-electron chi connectivity index (χ3n) is 2.70. The summed E-state index contributed by atoms with van der Waals surface area (Å²) < 4.78 is 1.86. The van der Waals surface area contributed by atoms with Crippen molar-refractivity contribution in [2.24, 2.45) is 5.84 Å². The Bertz CT molecular complexity index is 465. The van der Waals surface area contributed by atoms with Crippen LogP contribution in [-0.2, 0) is 11.2 Å². The quantitative estimate of drug-likeness (QED) is 0.471. The van der Waals surface area contributed by atoms with Crippen LogP contribution in [0.4, 0.5) is 0 Å². The van der Waals surface area contributed by atoms with Crippen molar-refractivity contribution in [3.8, 4) is 0 Å². The fourth-order valence-corrected chi connectivity index (χ4v) is 1.82. The first kappa shape index (κ1) is 11.4. The standard InChI is InChI=1S/C13H15N3O/c14-15-13(17)12(16-8-4-5-9-16)10-11-6-2-1-3-7-11/h1-9,12H,10,14H2,(H,15,17)/t12-/m0/s1. The summed E-state index contributed by atoms with van der Waals surface area (Å²) >= 11 is 0. The van der Waals surface area contributed by atoms with Crippen LogP contribution in [0, 0.1) is 0 Å². The predicted molar refractivity (Wildman–Crippen MR) is 65.9 cm³/mol. The average Bonchev–Trinajstić information content (AvgIpc) is 2.90. The van der Waals surface area contributed by atoms with Crippen molar-refractivity contribution in [1.29, 1.82) is 0 Å². The lowest BCUT2D eigenvalue weighted by atomic mass is 10.1. The second-order valence-corrected chi connectivity index (χ2v) is 3.84. The van der Waals surface area contributed by atoms with Gasteiger partial charge < -0.3 is 4.57 Å². The number of hydrogen-bond acceptors (Lipinski definition) is 2. The van der Waals surface area contributed by atoms with Crippen LogP contribution in [0.5, 0.6) is 0 Å². The molecule has 0 saturated carbocycles. The van der Waals surface area contributed by atoms with E-state index < -0.39 is 0 Å². The molecule has 0 unspecified atom stereocenters. The highest BCUT2D eigenvalue weighted by Gasteiger charge is 2.18. The lowest BCUT2D eigenvalue weighted by Gasteiger charge is -2.17. The number of nitrogens with zero attached hydrogens (tertiary/aromatic N) is 1. The number of nitrogens with one attached hydrogen (secondary N) is 1. The lowest BCUT2D eigenvalue weighted by Crippen LogP contribution is -2.37. The minimum Gasteiger partial charge on any atom is -0.342 e. The van der Waals surface area contributed by atoms with Gasteiger partial charge in [-0.3, -0.25) is 10.2 Å². The van der Waals surface area contributed by atoms with Gasteiger partial charge in [-0.05, 0) is 17.7 Å². The number of nitrogens with two attached hydrogens (primary N) is 1. The summed E-state index contributed by atoms with van der Waals surface area (Å²) in [6.45, 7) is 0. The van der Waals surface area contributed by atoms with Gasteiger partial charge in [0.15, 0.2) is 0 Å². The van der Waals surface area contributed by atoms with Crippen molar-refractivity contribution >= 4 is 5.91 Å². The number of amides is 1. The Hall–Kier alpha value is -2.07. The number of rotatable bonds is 4. The van der Waals surface area contributed by atoms with Crippen molar-refractivity contribution < 1.29 is 4.79 Å². The Balaban J connectivity index is 2.20. The Morgan fingerprint density at radius 3 is 2.41 bits per heavy atom. The van der Waals surface area contributed by atoms with Crippen LogP contribution in [0.1, 0.15) is 11.6 Å². The summed E-state index contributed by atoms with van der Waals surface area (Å²) in [6, 6.07) is 13.4. The van der Waals surface area contributed by atoms with Crippen molar-refractivity contribution in [3.63, 3.8) is 0 Å². The van der Waals surface area contributed by atoms with E-state index >= 15 is 0 Å². The molecule has 0 aliphatic heterocycles. The van der Waals surface area contributed by atoms with Crippen molar-refractivity contribution in [3.05, 3.63) is 60.4 Å². The molecular formula is C13H15N3O. The van der Waals surface area contributed by atoms with Gasteiger partial charge in [0.1, 0.15) is 6.04 Å². The van der Waals surface area contributed by atoms with Crippen LogP contribution >= 0.6 is 0 Å². The molecular weight excluding hydrogens is 214 g/mol. The van der Waals surface area contributed by atoms with Crippen LogP contribution < -0.4 is 11.3 Å². The Labute approximate surface area is 100 Å². The summed E-state index contributed by atoms with van der Waals surface area (Å²) in [4.78, 5) is 11.8. The molecule has 0 aliphatic carbocycles. The Morgan fingerprint density at radius 1 is 1.18 bits per heavy atom. The van der Waals surface area contributed by atoms with E-state index in [0.29, 0.717) is 6.42 Å². The Morgan fingerprint density at radius 2 is 1.82 bits per heavy atom. The van der Waals surface area contributed by atoms with Gasteiger partial charge >= 0.3 is 0 Å². The first-order valence-corrected chi connectivity index (χ1v) is 5.48. The van der Waals surface area contributed by atoms with Gasteiger partial charge in [0.05, 0.1) is 0 Å². The molecule has 88 valence electrons. The minimum absolute atomic E-state index is 0.190. The number of carbonyl (C=O) groups excluding carboxylic acids is 1. The predicted octanol–water partition coefficient (Wildman–Crippen LogP) is 1.26. The van der Waals surface area contributed by atoms with Gasteiger partial charge in [0.2, 0.25) is 0 Å². The highest BCUT2D eigenvalue weighted by Crippen LogP contribution is 2.14. The molecule has 0 spiro atoms. The Kier molecular flexibility index (Phi) is 3.57. The molecule has 0 saturated heterocycles. The maximum atomic E-state index is 11.8. The number of carbonyl (C=O) groups is 1.